The van der Waals surface area contributed by atoms with Crippen molar-refractivity contribution in [1.29, 1.82) is 0 Å². The topological polar surface area (TPSA) is 41.6 Å². The van der Waals surface area contributed by atoms with Gasteiger partial charge in [-0.2, -0.15) is 0 Å². The fourth-order valence-corrected chi connectivity index (χ4v) is 3.15. The Balaban J connectivity index is 1.50. The van der Waals surface area contributed by atoms with Crippen molar-refractivity contribution >= 4 is 5.91 Å². The molecule has 1 N–H and O–H groups in total. The van der Waals surface area contributed by atoms with Gasteiger partial charge in [-0.25, -0.2) is 0 Å². The molecule has 2 aliphatic rings. The smallest absolute Gasteiger partial charge is 0.236 e. The molecule has 1 heterocycles. The summed E-state index contributed by atoms with van der Waals surface area (Å²) >= 11 is 0. The Morgan fingerprint density at radius 1 is 1.36 bits per heavy atom. The molecule has 2 fully saturated rings. The van der Waals surface area contributed by atoms with Crippen LogP contribution in [-0.2, 0) is 16.0 Å². The minimum absolute atomic E-state index is 0.154. The van der Waals surface area contributed by atoms with E-state index in [1.54, 1.807) is 0 Å². The van der Waals surface area contributed by atoms with Crippen molar-refractivity contribution in [3.05, 3.63) is 35.9 Å². The van der Waals surface area contributed by atoms with Gasteiger partial charge in [-0.3, -0.25) is 4.79 Å². The molecule has 1 aromatic rings. The van der Waals surface area contributed by atoms with Gasteiger partial charge in [-0.1, -0.05) is 30.3 Å². The molecule has 1 aliphatic carbocycles. The van der Waals surface area contributed by atoms with Crippen molar-refractivity contribution in [2.24, 2.45) is 5.92 Å². The normalized spacial score (nSPS) is 23.3. The van der Waals surface area contributed by atoms with Crippen LogP contribution < -0.4 is 5.32 Å². The SMILES string of the molecule is CC1CN(C(=O)CNC(Cc2ccccc2)C2CC2)CCO1. The number of carbonyl (C=O) groups excluding carboxylic acids is 1. The Bertz CT molecular complexity index is 487. The maximum absolute atomic E-state index is 12.4. The molecule has 1 amide bonds. The quantitative estimate of drug-likeness (QED) is 0.872. The van der Waals surface area contributed by atoms with E-state index in [0.29, 0.717) is 25.7 Å². The molecular weight excluding hydrogens is 276 g/mol. The first kappa shape index (κ1) is 15.5. The Morgan fingerprint density at radius 3 is 2.82 bits per heavy atom. The summed E-state index contributed by atoms with van der Waals surface area (Å²) in [6.45, 7) is 4.56. The van der Waals surface area contributed by atoms with Crippen LogP contribution in [0.1, 0.15) is 25.3 Å². The van der Waals surface area contributed by atoms with Crippen LogP contribution in [0.5, 0.6) is 0 Å². The zero-order valence-electron chi connectivity index (χ0n) is 13.3. The van der Waals surface area contributed by atoms with E-state index in [1.807, 2.05) is 17.9 Å². The molecule has 4 nitrogen and oxygen atoms in total. The molecular formula is C18H26N2O2. The lowest BCUT2D eigenvalue weighted by Crippen LogP contribution is -2.49. The third-order valence-electron chi connectivity index (χ3n) is 4.60. The van der Waals surface area contributed by atoms with Crippen molar-refractivity contribution in [3.63, 3.8) is 0 Å². The molecule has 4 heteroatoms. The zero-order chi connectivity index (χ0) is 15.4. The van der Waals surface area contributed by atoms with Gasteiger partial charge in [0.25, 0.3) is 0 Å². The van der Waals surface area contributed by atoms with E-state index in [0.717, 1.165) is 18.9 Å². The maximum Gasteiger partial charge on any atom is 0.236 e. The number of hydrogen-bond donors (Lipinski definition) is 1. The Morgan fingerprint density at radius 2 is 2.14 bits per heavy atom. The second-order valence-electron chi connectivity index (χ2n) is 6.54. The Hall–Kier alpha value is -1.39. The highest BCUT2D eigenvalue weighted by Gasteiger charge is 2.31. The third kappa shape index (κ3) is 4.31. The average molecular weight is 302 g/mol. The van der Waals surface area contributed by atoms with Crippen molar-refractivity contribution in [3.8, 4) is 0 Å². The van der Waals surface area contributed by atoms with Crippen LogP contribution >= 0.6 is 0 Å². The Labute approximate surface area is 132 Å². The van der Waals surface area contributed by atoms with Gasteiger partial charge in [0.1, 0.15) is 0 Å². The summed E-state index contributed by atoms with van der Waals surface area (Å²) in [4.78, 5) is 14.3. The fourth-order valence-electron chi connectivity index (χ4n) is 3.15. The highest BCUT2D eigenvalue weighted by molar-refractivity contribution is 5.78. The minimum Gasteiger partial charge on any atom is -0.375 e. The largest absolute Gasteiger partial charge is 0.375 e. The number of benzene rings is 1. The van der Waals surface area contributed by atoms with Crippen molar-refractivity contribution < 1.29 is 9.53 Å². The zero-order valence-corrected chi connectivity index (χ0v) is 13.3. The average Bonchev–Trinajstić information content (AvgIpc) is 3.37. The maximum atomic E-state index is 12.4. The summed E-state index contributed by atoms with van der Waals surface area (Å²) < 4.78 is 5.50. The standard InChI is InChI=1S/C18H26N2O2/c1-14-13-20(9-10-22-14)18(21)12-19-17(16-7-8-16)11-15-5-3-2-4-6-15/h2-6,14,16-17,19H,7-13H2,1H3. The van der Waals surface area contributed by atoms with Crippen LogP contribution in [0.25, 0.3) is 0 Å². The second kappa shape index (κ2) is 7.25. The van der Waals surface area contributed by atoms with Crippen molar-refractivity contribution in [2.75, 3.05) is 26.2 Å². The number of ether oxygens (including phenoxy) is 1. The molecule has 1 saturated carbocycles. The highest BCUT2D eigenvalue weighted by Crippen LogP contribution is 2.34. The molecule has 22 heavy (non-hydrogen) atoms. The predicted octanol–water partition coefficient (Wildman–Crippen LogP) is 1.84. The molecule has 3 rings (SSSR count). The number of nitrogens with zero attached hydrogens (tertiary/aromatic N) is 1. The highest BCUT2D eigenvalue weighted by atomic mass is 16.5. The summed E-state index contributed by atoms with van der Waals surface area (Å²) in [5.41, 5.74) is 1.35. The van der Waals surface area contributed by atoms with Crippen LogP contribution in [0.15, 0.2) is 30.3 Å². The van der Waals surface area contributed by atoms with Gasteiger partial charge in [-0.05, 0) is 37.7 Å². The van der Waals surface area contributed by atoms with Gasteiger partial charge < -0.3 is 15.0 Å². The van der Waals surface area contributed by atoms with E-state index in [9.17, 15) is 4.79 Å². The lowest BCUT2D eigenvalue weighted by molar-refractivity contribution is -0.137. The first-order valence-electron chi connectivity index (χ1n) is 8.39. The number of carbonyl (C=O) groups is 1. The molecule has 1 aliphatic heterocycles. The number of morpholine rings is 1. The molecule has 0 bridgehead atoms. The molecule has 0 radical (unpaired) electrons. The molecule has 1 saturated heterocycles. The number of rotatable bonds is 6. The number of amides is 1. The van der Waals surface area contributed by atoms with E-state index in [4.69, 9.17) is 4.74 Å². The molecule has 2 atom stereocenters. The summed E-state index contributed by atoms with van der Waals surface area (Å²) in [6.07, 6.45) is 3.74. The van der Waals surface area contributed by atoms with E-state index in [-0.39, 0.29) is 12.0 Å². The Kier molecular flexibility index (Phi) is 5.11. The van der Waals surface area contributed by atoms with Crippen molar-refractivity contribution in [1.82, 2.24) is 10.2 Å². The first-order chi connectivity index (χ1) is 10.7. The van der Waals surface area contributed by atoms with E-state index in [2.05, 4.69) is 29.6 Å². The second-order valence-corrected chi connectivity index (χ2v) is 6.54. The summed E-state index contributed by atoms with van der Waals surface area (Å²) in [5, 5.41) is 3.51. The molecule has 1 aromatic carbocycles. The number of hydrogen-bond acceptors (Lipinski definition) is 3. The number of nitrogens with one attached hydrogen (secondary N) is 1. The monoisotopic (exact) mass is 302 g/mol. The van der Waals surface area contributed by atoms with Gasteiger partial charge in [-0.15, -0.1) is 0 Å². The lowest BCUT2D eigenvalue weighted by Gasteiger charge is -2.31. The predicted molar refractivity (Wildman–Crippen MR) is 86.7 cm³/mol. The fraction of sp³-hybridized carbons (Fsp3) is 0.611. The molecule has 0 spiro atoms. The van der Waals surface area contributed by atoms with E-state index >= 15 is 0 Å². The van der Waals surface area contributed by atoms with Gasteiger partial charge in [0, 0.05) is 19.1 Å². The lowest BCUT2D eigenvalue weighted by atomic mass is 10.0. The van der Waals surface area contributed by atoms with Crippen LogP contribution in [0, 0.1) is 5.92 Å². The van der Waals surface area contributed by atoms with Gasteiger partial charge >= 0.3 is 0 Å². The summed E-state index contributed by atoms with van der Waals surface area (Å²) in [6, 6.07) is 11.0. The van der Waals surface area contributed by atoms with E-state index in [1.165, 1.54) is 18.4 Å². The first-order valence-corrected chi connectivity index (χ1v) is 8.39. The van der Waals surface area contributed by atoms with Crippen LogP contribution in [0.2, 0.25) is 0 Å². The summed E-state index contributed by atoms with van der Waals surface area (Å²) in [5.74, 6) is 0.936. The van der Waals surface area contributed by atoms with Crippen molar-refractivity contribution in [2.45, 2.75) is 38.3 Å². The van der Waals surface area contributed by atoms with Crippen LogP contribution in [-0.4, -0.2) is 49.2 Å². The third-order valence-corrected chi connectivity index (χ3v) is 4.60. The molecule has 120 valence electrons. The molecule has 0 aromatic heterocycles. The van der Waals surface area contributed by atoms with E-state index < -0.39 is 0 Å². The van der Waals surface area contributed by atoms with Gasteiger partial charge in [0.15, 0.2) is 0 Å². The van der Waals surface area contributed by atoms with Crippen LogP contribution in [0.3, 0.4) is 0 Å². The minimum atomic E-state index is 0.154. The van der Waals surface area contributed by atoms with Crippen LogP contribution in [0.4, 0.5) is 0 Å². The van der Waals surface area contributed by atoms with Gasteiger partial charge in [0.2, 0.25) is 5.91 Å². The summed E-state index contributed by atoms with van der Waals surface area (Å²) in [7, 11) is 0. The molecule has 2 unspecified atom stereocenters. The van der Waals surface area contributed by atoms with Gasteiger partial charge in [0.05, 0.1) is 19.3 Å².